The number of alkyl halides is 1. The topological polar surface area (TPSA) is 61.9 Å². The molecule has 5 fully saturated rings. The third kappa shape index (κ3) is 4.08. The first-order valence-electron chi connectivity index (χ1n) is 13.0. The minimum absolute atomic E-state index is 0.00853. The first kappa shape index (κ1) is 22.6. The van der Waals surface area contributed by atoms with Gasteiger partial charge in [-0.3, -0.25) is 14.5 Å². The highest BCUT2D eigenvalue weighted by Gasteiger charge is 2.59. The lowest BCUT2D eigenvalue weighted by Crippen LogP contribution is -2.72. The molecule has 5 unspecified atom stereocenters. The van der Waals surface area contributed by atoms with Crippen LogP contribution in [0, 0.1) is 5.92 Å². The molecule has 6 nitrogen and oxygen atoms in total. The molecule has 0 aromatic heterocycles. The number of ether oxygens (including phenoxy) is 1. The van der Waals surface area contributed by atoms with E-state index in [9.17, 15) is 14.0 Å². The van der Waals surface area contributed by atoms with Gasteiger partial charge in [0.15, 0.2) is 0 Å². The summed E-state index contributed by atoms with van der Waals surface area (Å²) in [6.07, 6.45) is 9.57. The second-order valence-corrected chi connectivity index (χ2v) is 11.4. The SMILES string of the molecule is CC1CC2C(CC3C(=O)N(CC4CCC(F)CC4)C(C)(C(=O)NC4CCCCC4)CN32)O1. The highest BCUT2D eigenvalue weighted by Crippen LogP contribution is 2.42. The molecule has 2 amide bonds. The Bertz CT molecular complexity index is 721. The number of amides is 2. The van der Waals surface area contributed by atoms with Crippen LogP contribution in [0.2, 0.25) is 0 Å². The molecule has 5 aliphatic rings. The predicted octanol–water partition coefficient (Wildman–Crippen LogP) is 3.18. The molecular formula is C25H40FN3O3. The number of piperazine rings is 1. The summed E-state index contributed by atoms with van der Waals surface area (Å²) in [5.74, 6) is 0.341. The van der Waals surface area contributed by atoms with Crippen molar-refractivity contribution in [2.24, 2.45) is 5.92 Å². The molecule has 5 rings (SSSR count). The fraction of sp³-hybridized carbons (Fsp3) is 0.920. The highest BCUT2D eigenvalue weighted by molar-refractivity contribution is 5.95. The number of rotatable bonds is 4. The molecule has 2 aliphatic carbocycles. The Balaban J connectivity index is 1.38. The third-order valence-electron chi connectivity index (χ3n) is 8.98. The van der Waals surface area contributed by atoms with Gasteiger partial charge in [-0.05, 0) is 71.1 Å². The first-order valence-corrected chi connectivity index (χ1v) is 13.0. The van der Waals surface area contributed by atoms with Gasteiger partial charge in [0.2, 0.25) is 11.8 Å². The standard InChI is InChI=1S/C25H40FN3O3/c1-16-12-20-22(32-16)13-21-23(30)29(14-17-8-10-18(26)11-9-17)25(2,15-28(20)21)24(31)27-19-6-4-3-5-7-19/h16-22H,3-15H2,1-2H3,(H,27,31). The first-order chi connectivity index (χ1) is 15.3. The van der Waals surface area contributed by atoms with Gasteiger partial charge >= 0.3 is 0 Å². The van der Waals surface area contributed by atoms with Crippen molar-refractivity contribution in [3.63, 3.8) is 0 Å². The largest absolute Gasteiger partial charge is 0.374 e. The summed E-state index contributed by atoms with van der Waals surface area (Å²) >= 11 is 0. The summed E-state index contributed by atoms with van der Waals surface area (Å²) in [4.78, 5) is 31.8. The molecule has 0 spiro atoms. The smallest absolute Gasteiger partial charge is 0.247 e. The van der Waals surface area contributed by atoms with Gasteiger partial charge in [0, 0.05) is 25.2 Å². The number of hydrogen-bond acceptors (Lipinski definition) is 4. The molecule has 0 bridgehead atoms. The van der Waals surface area contributed by atoms with E-state index in [1.54, 1.807) is 0 Å². The van der Waals surface area contributed by atoms with E-state index in [0.29, 0.717) is 25.9 Å². The number of fused-ring (bicyclic) bond motifs is 3. The summed E-state index contributed by atoms with van der Waals surface area (Å²) in [6.45, 7) is 5.20. The van der Waals surface area contributed by atoms with Crippen molar-refractivity contribution >= 4 is 11.8 Å². The summed E-state index contributed by atoms with van der Waals surface area (Å²) in [7, 11) is 0. The van der Waals surface area contributed by atoms with Crippen LogP contribution >= 0.6 is 0 Å². The minimum Gasteiger partial charge on any atom is -0.374 e. The maximum atomic E-state index is 13.8. The van der Waals surface area contributed by atoms with Crippen LogP contribution < -0.4 is 5.32 Å². The van der Waals surface area contributed by atoms with Gasteiger partial charge in [-0.2, -0.15) is 0 Å². The highest BCUT2D eigenvalue weighted by atomic mass is 19.1. The lowest BCUT2D eigenvalue weighted by molar-refractivity contribution is -0.162. The summed E-state index contributed by atoms with van der Waals surface area (Å²) in [6, 6.07) is 0.251. The van der Waals surface area contributed by atoms with Gasteiger partial charge in [0.1, 0.15) is 11.7 Å². The van der Waals surface area contributed by atoms with E-state index in [-0.39, 0.29) is 48.1 Å². The second-order valence-electron chi connectivity index (χ2n) is 11.4. The Hall–Kier alpha value is -1.21. The van der Waals surface area contributed by atoms with E-state index in [1.807, 2.05) is 11.8 Å². The zero-order chi connectivity index (χ0) is 22.5. The van der Waals surface area contributed by atoms with Crippen LogP contribution in [0.25, 0.3) is 0 Å². The number of halogens is 1. The number of nitrogens with one attached hydrogen (secondary N) is 1. The number of nitrogens with zero attached hydrogens (tertiary/aromatic N) is 2. The zero-order valence-corrected chi connectivity index (χ0v) is 19.7. The van der Waals surface area contributed by atoms with Crippen LogP contribution in [0.5, 0.6) is 0 Å². The van der Waals surface area contributed by atoms with Crippen LogP contribution in [0.15, 0.2) is 0 Å². The summed E-state index contributed by atoms with van der Waals surface area (Å²) < 4.78 is 19.8. The molecule has 32 heavy (non-hydrogen) atoms. The molecule has 3 saturated heterocycles. The predicted molar refractivity (Wildman–Crippen MR) is 120 cm³/mol. The minimum atomic E-state index is -0.891. The molecule has 180 valence electrons. The molecule has 0 radical (unpaired) electrons. The molecule has 1 N–H and O–H groups in total. The van der Waals surface area contributed by atoms with Gasteiger partial charge in [-0.15, -0.1) is 0 Å². The number of carbonyl (C=O) groups excluding carboxylic acids is 2. The normalized spacial score (nSPS) is 43.2. The van der Waals surface area contributed by atoms with E-state index >= 15 is 0 Å². The van der Waals surface area contributed by atoms with Crippen LogP contribution in [-0.2, 0) is 14.3 Å². The molecule has 0 aromatic rings. The van der Waals surface area contributed by atoms with Crippen molar-refractivity contribution < 1.29 is 18.7 Å². The van der Waals surface area contributed by atoms with Crippen molar-refractivity contribution in [3.8, 4) is 0 Å². The van der Waals surface area contributed by atoms with Gasteiger partial charge in [-0.1, -0.05) is 19.3 Å². The average Bonchev–Trinajstić information content (AvgIpc) is 3.30. The Morgan fingerprint density at radius 1 is 1.12 bits per heavy atom. The fourth-order valence-corrected chi connectivity index (χ4v) is 7.05. The lowest BCUT2D eigenvalue weighted by atomic mass is 9.84. The molecule has 3 aliphatic heterocycles. The van der Waals surface area contributed by atoms with Crippen molar-refractivity contribution in [2.45, 2.75) is 127 Å². The molecule has 0 aromatic carbocycles. The monoisotopic (exact) mass is 449 g/mol. The van der Waals surface area contributed by atoms with E-state index in [4.69, 9.17) is 4.74 Å². The number of carbonyl (C=O) groups is 2. The van der Waals surface area contributed by atoms with Crippen LogP contribution in [0.1, 0.15) is 84.5 Å². The molecule has 7 heteroatoms. The Labute approximate surface area is 191 Å². The van der Waals surface area contributed by atoms with Crippen molar-refractivity contribution in [1.82, 2.24) is 15.1 Å². The van der Waals surface area contributed by atoms with Crippen molar-refractivity contribution in [1.29, 1.82) is 0 Å². The van der Waals surface area contributed by atoms with Gasteiger partial charge in [-0.25, -0.2) is 4.39 Å². The van der Waals surface area contributed by atoms with Crippen LogP contribution in [0.4, 0.5) is 4.39 Å². The van der Waals surface area contributed by atoms with Crippen LogP contribution in [0.3, 0.4) is 0 Å². The maximum absolute atomic E-state index is 13.8. The molecule has 5 atom stereocenters. The van der Waals surface area contributed by atoms with E-state index in [0.717, 1.165) is 51.4 Å². The van der Waals surface area contributed by atoms with Crippen molar-refractivity contribution in [3.05, 3.63) is 0 Å². The molecular weight excluding hydrogens is 409 g/mol. The Morgan fingerprint density at radius 2 is 1.84 bits per heavy atom. The van der Waals surface area contributed by atoms with Gasteiger partial charge in [0.25, 0.3) is 0 Å². The van der Waals surface area contributed by atoms with Gasteiger partial charge < -0.3 is 15.0 Å². The third-order valence-corrected chi connectivity index (χ3v) is 8.98. The summed E-state index contributed by atoms with van der Waals surface area (Å²) in [5, 5.41) is 3.32. The van der Waals surface area contributed by atoms with Gasteiger partial charge in [0.05, 0.1) is 18.2 Å². The Morgan fingerprint density at radius 3 is 2.56 bits per heavy atom. The fourth-order valence-electron chi connectivity index (χ4n) is 7.05. The zero-order valence-electron chi connectivity index (χ0n) is 19.7. The number of hydrogen-bond donors (Lipinski definition) is 1. The quantitative estimate of drug-likeness (QED) is 0.716. The average molecular weight is 450 g/mol. The summed E-state index contributed by atoms with van der Waals surface area (Å²) in [5.41, 5.74) is -0.891. The van der Waals surface area contributed by atoms with Crippen LogP contribution in [-0.4, -0.2) is 76.7 Å². The molecule has 2 saturated carbocycles. The van der Waals surface area contributed by atoms with Crippen molar-refractivity contribution in [2.75, 3.05) is 13.1 Å². The maximum Gasteiger partial charge on any atom is 0.247 e. The van der Waals surface area contributed by atoms with E-state index in [1.165, 1.54) is 6.42 Å². The lowest BCUT2D eigenvalue weighted by Gasteiger charge is -2.51. The van der Waals surface area contributed by atoms with E-state index in [2.05, 4.69) is 17.1 Å². The Kier molecular flexibility index (Phi) is 6.25. The van der Waals surface area contributed by atoms with E-state index < -0.39 is 11.7 Å². The second kappa shape index (κ2) is 8.86. The molecule has 3 heterocycles.